The van der Waals surface area contributed by atoms with Gasteiger partial charge in [0.1, 0.15) is 5.75 Å². The number of rotatable bonds is 8. The zero-order chi connectivity index (χ0) is 26.9. The van der Waals surface area contributed by atoms with Gasteiger partial charge in [0.05, 0.1) is 24.1 Å². The smallest absolute Gasteiger partial charge is 0.265 e. The molecule has 0 atom stereocenters. The zero-order valence-electron chi connectivity index (χ0n) is 20.9. The van der Waals surface area contributed by atoms with Crippen LogP contribution in [0.1, 0.15) is 52.0 Å². The molecule has 1 aliphatic rings. The Balaban J connectivity index is 1.41. The topological polar surface area (TPSA) is 133 Å². The number of amides is 1. The lowest BCUT2D eigenvalue weighted by Gasteiger charge is -2.13. The Morgan fingerprint density at radius 1 is 1.03 bits per heavy atom. The summed E-state index contributed by atoms with van der Waals surface area (Å²) in [6.45, 7) is 0.266. The van der Waals surface area contributed by atoms with E-state index in [2.05, 4.69) is 9.82 Å². The average molecular weight is 533 g/mol. The highest BCUT2D eigenvalue weighted by Gasteiger charge is 2.25. The highest BCUT2D eigenvalue weighted by Crippen LogP contribution is 2.31. The lowest BCUT2D eigenvalue weighted by Crippen LogP contribution is -2.30. The number of hydrogen-bond acceptors (Lipinski definition) is 7. The van der Waals surface area contributed by atoms with Crippen LogP contribution in [-0.4, -0.2) is 37.0 Å². The molecule has 0 radical (unpaired) electrons. The summed E-state index contributed by atoms with van der Waals surface area (Å²) in [7, 11) is -2.55. The molecule has 0 unspecified atom stereocenters. The maximum absolute atomic E-state index is 13.0. The van der Waals surface area contributed by atoms with Gasteiger partial charge in [-0.3, -0.25) is 14.3 Å². The minimum Gasteiger partial charge on any atom is -0.496 e. The quantitative estimate of drug-likeness (QED) is 0.325. The fraction of sp³-hybridized carbons (Fsp3) is 0.250. The van der Waals surface area contributed by atoms with Crippen molar-refractivity contribution < 1.29 is 22.7 Å². The van der Waals surface area contributed by atoms with Gasteiger partial charge in [-0.25, -0.2) is 13.1 Å². The molecule has 5 rings (SSSR count). The molecule has 3 aromatic carbocycles. The number of hydrogen-bond donors (Lipinski definition) is 2. The van der Waals surface area contributed by atoms with Gasteiger partial charge < -0.3 is 10.5 Å². The van der Waals surface area contributed by atoms with Crippen LogP contribution in [0.3, 0.4) is 0 Å². The predicted molar refractivity (Wildman–Crippen MR) is 144 cm³/mol. The highest BCUT2D eigenvalue weighted by molar-refractivity contribution is 7.90. The van der Waals surface area contributed by atoms with Gasteiger partial charge in [-0.05, 0) is 49.2 Å². The molecule has 38 heavy (non-hydrogen) atoms. The van der Waals surface area contributed by atoms with E-state index in [1.807, 2.05) is 18.2 Å². The Bertz CT molecular complexity index is 1620. The molecule has 0 aliphatic heterocycles. The van der Waals surface area contributed by atoms with Crippen LogP contribution >= 0.6 is 0 Å². The standard InChI is InChI=1S/C28H28N4O5S/c1-37-25-16-20(28(34)31-38(35,36)22-9-3-2-4-10-22)11-12-21(25)17-32-24-15-19(13-14-23(24)27(29)30-32)26(33)18-7-5-6-8-18/h2-4,9-16,18H,5-8,17H2,1H3,(H2,29,30)(H,31,34). The molecule has 1 heterocycles. The van der Waals surface area contributed by atoms with Gasteiger partial charge in [-0.15, -0.1) is 0 Å². The third kappa shape index (κ3) is 4.99. The van der Waals surface area contributed by atoms with Crippen LogP contribution in [0.15, 0.2) is 71.6 Å². The number of benzene rings is 3. The van der Waals surface area contributed by atoms with E-state index in [0.717, 1.165) is 36.6 Å². The number of ketones is 1. The van der Waals surface area contributed by atoms with Gasteiger partial charge in [-0.1, -0.05) is 43.2 Å². The first-order valence-corrected chi connectivity index (χ1v) is 13.8. The molecule has 196 valence electrons. The third-order valence-electron chi connectivity index (χ3n) is 6.94. The number of ether oxygens (including phenoxy) is 1. The Morgan fingerprint density at radius 2 is 1.74 bits per heavy atom. The molecule has 1 amide bonds. The zero-order valence-corrected chi connectivity index (χ0v) is 21.7. The van der Waals surface area contributed by atoms with Crippen molar-refractivity contribution in [2.24, 2.45) is 5.92 Å². The largest absolute Gasteiger partial charge is 0.496 e. The van der Waals surface area contributed by atoms with E-state index in [-0.39, 0.29) is 28.7 Å². The van der Waals surface area contributed by atoms with E-state index in [4.69, 9.17) is 10.5 Å². The summed E-state index contributed by atoms with van der Waals surface area (Å²) < 4.78 is 34.4. The van der Waals surface area contributed by atoms with Crippen molar-refractivity contribution in [1.29, 1.82) is 0 Å². The van der Waals surface area contributed by atoms with Crippen LogP contribution in [0.25, 0.3) is 10.9 Å². The average Bonchev–Trinajstić information content (AvgIpc) is 3.57. The summed E-state index contributed by atoms with van der Waals surface area (Å²) >= 11 is 0. The first-order valence-electron chi connectivity index (χ1n) is 12.4. The van der Waals surface area contributed by atoms with Crippen LogP contribution < -0.4 is 15.2 Å². The van der Waals surface area contributed by atoms with E-state index in [1.54, 1.807) is 28.9 Å². The molecular weight excluding hydrogens is 504 g/mol. The Kier molecular flexibility index (Phi) is 6.90. The molecule has 1 aliphatic carbocycles. The first-order chi connectivity index (χ1) is 18.3. The van der Waals surface area contributed by atoms with Gasteiger partial charge in [-0.2, -0.15) is 5.10 Å². The van der Waals surface area contributed by atoms with Crippen LogP contribution in [-0.2, 0) is 16.6 Å². The summed E-state index contributed by atoms with van der Waals surface area (Å²) in [5.41, 5.74) is 8.36. The number of nitrogens with zero attached hydrogens (tertiary/aromatic N) is 2. The second kappa shape index (κ2) is 10.3. The van der Waals surface area contributed by atoms with Gasteiger partial charge in [0.2, 0.25) is 0 Å². The van der Waals surface area contributed by atoms with Crippen molar-refractivity contribution in [2.45, 2.75) is 37.1 Å². The van der Waals surface area contributed by atoms with Crippen LogP contribution in [0.4, 0.5) is 5.82 Å². The van der Waals surface area contributed by atoms with E-state index < -0.39 is 15.9 Å². The Labute approximate surface area is 220 Å². The number of Topliss-reactive ketones (excluding diaryl/α,β-unsaturated/α-hetero) is 1. The molecule has 9 nitrogen and oxygen atoms in total. The molecule has 1 fully saturated rings. The van der Waals surface area contributed by atoms with Crippen molar-refractivity contribution in [3.63, 3.8) is 0 Å². The summed E-state index contributed by atoms with van der Waals surface area (Å²) in [4.78, 5) is 25.7. The van der Waals surface area contributed by atoms with E-state index in [0.29, 0.717) is 22.7 Å². The Hall–Kier alpha value is -4.18. The van der Waals surface area contributed by atoms with E-state index in [1.165, 1.54) is 31.4 Å². The number of aromatic nitrogens is 2. The van der Waals surface area contributed by atoms with E-state index >= 15 is 0 Å². The van der Waals surface area contributed by atoms with Crippen molar-refractivity contribution in [3.05, 3.63) is 83.4 Å². The molecule has 0 bridgehead atoms. The molecule has 3 N–H and O–H groups in total. The van der Waals surface area contributed by atoms with Crippen LogP contribution in [0, 0.1) is 5.92 Å². The molecule has 0 saturated heterocycles. The number of carbonyl (C=O) groups excluding carboxylic acids is 2. The SMILES string of the molecule is COc1cc(C(=O)NS(=O)(=O)c2ccccc2)ccc1Cn1nc(N)c2ccc(C(=O)C3CCCC3)cc21. The summed E-state index contributed by atoms with van der Waals surface area (Å²) in [6.07, 6.45) is 4.00. The minimum absolute atomic E-state index is 0.00846. The summed E-state index contributed by atoms with van der Waals surface area (Å²) in [5.74, 6) is 0.165. The Morgan fingerprint density at radius 3 is 2.45 bits per heavy atom. The van der Waals surface area contributed by atoms with Crippen molar-refractivity contribution in [1.82, 2.24) is 14.5 Å². The lowest BCUT2D eigenvalue weighted by atomic mass is 9.95. The number of anilines is 1. The van der Waals surface area contributed by atoms with Crippen LogP contribution in [0.5, 0.6) is 5.75 Å². The third-order valence-corrected chi connectivity index (χ3v) is 8.29. The normalized spacial score (nSPS) is 14.0. The number of nitrogens with one attached hydrogen (secondary N) is 1. The molecular formula is C28H28N4O5S. The highest BCUT2D eigenvalue weighted by atomic mass is 32.2. The molecule has 0 spiro atoms. The molecule has 10 heteroatoms. The first kappa shape index (κ1) is 25.5. The predicted octanol–water partition coefficient (Wildman–Crippen LogP) is 4.17. The second-order valence-corrected chi connectivity index (χ2v) is 11.1. The molecule has 1 saturated carbocycles. The number of methoxy groups -OCH3 is 1. The number of fused-ring (bicyclic) bond motifs is 1. The summed E-state index contributed by atoms with van der Waals surface area (Å²) in [6, 6.07) is 17.8. The van der Waals surface area contributed by atoms with Gasteiger partial charge in [0, 0.05) is 28.0 Å². The number of nitrogens with two attached hydrogens (primary N) is 1. The van der Waals surface area contributed by atoms with Crippen molar-refractivity contribution in [2.75, 3.05) is 12.8 Å². The number of sulfonamides is 1. The fourth-order valence-electron chi connectivity index (χ4n) is 4.91. The monoisotopic (exact) mass is 532 g/mol. The lowest BCUT2D eigenvalue weighted by molar-refractivity contribution is 0.0922. The van der Waals surface area contributed by atoms with E-state index in [9.17, 15) is 18.0 Å². The van der Waals surface area contributed by atoms with Gasteiger partial charge in [0.15, 0.2) is 11.6 Å². The molecule has 1 aromatic heterocycles. The van der Waals surface area contributed by atoms with Crippen molar-refractivity contribution in [3.8, 4) is 5.75 Å². The maximum Gasteiger partial charge on any atom is 0.265 e. The number of carbonyl (C=O) groups is 2. The van der Waals surface area contributed by atoms with Gasteiger partial charge in [0.25, 0.3) is 15.9 Å². The summed E-state index contributed by atoms with van der Waals surface area (Å²) in [5, 5.41) is 5.21. The maximum atomic E-state index is 13.0. The van der Waals surface area contributed by atoms with Gasteiger partial charge >= 0.3 is 0 Å². The minimum atomic E-state index is -4.02. The second-order valence-electron chi connectivity index (χ2n) is 9.39. The fourth-order valence-corrected chi connectivity index (χ4v) is 5.91. The van der Waals surface area contributed by atoms with Crippen LogP contribution in [0.2, 0.25) is 0 Å². The molecule has 4 aromatic rings. The number of nitrogen functional groups attached to an aromatic ring is 1. The van der Waals surface area contributed by atoms with Crippen molar-refractivity contribution >= 4 is 38.4 Å².